The quantitative estimate of drug-likeness (QED) is 0.754. The van der Waals surface area contributed by atoms with Gasteiger partial charge < -0.3 is 10.2 Å². The van der Waals surface area contributed by atoms with E-state index in [9.17, 15) is 9.59 Å². The molecule has 4 nitrogen and oxygen atoms in total. The first-order valence-electron chi connectivity index (χ1n) is 8.37. The predicted octanol–water partition coefficient (Wildman–Crippen LogP) is 2.95. The monoisotopic (exact) mass is 336 g/mol. The molecule has 2 rings (SSSR count). The molecule has 1 N–H and O–H groups in total. The molecule has 4 heteroatoms. The molecule has 0 aliphatic heterocycles. The predicted molar refractivity (Wildman–Crippen MR) is 99.8 cm³/mol. The number of nitrogens with one attached hydrogen (secondary N) is 1. The number of rotatable bonds is 8. The van der Waals surface area contributed by atoms with Gasteiger partial charge in [0.15, 0.2) is 0 Å². The van der Waals surface area contributed by atoms with E-state index in [0.717, 1.165) is 11.1 Å². The fourth-order valence-corrected chi connectivity index (χ4v) is 2.56. The van der Waals surface area contributed by atoms with E-state index in [1.807, 2.05) is 60.7 Å². The summed E-state index contributed by atoms with van der Waals surface area (Å²) in [6.07, 6.45) is 1.89. The molecule has 0 spiro atoms. The van der Waals surface area contributed by atoms with Gasteiger partial charge in [-0.25, -0.2) is 0 Å². The molecule has 0 saturated carbocycles. The molecule has 130 valence electrons. The molecule has 0 saturated heterocycles. The first-order chi connectivity index (χ1) is 12.1. The van der Waals surface area contributed by atoms with Crippen LogP contribution in [0.1, 0.15) is 18.1 Å². The highest BCUT2D eigenvalue weighted by molar-refractivity contribution is 5.88. The zero-order valence-corrected chi connectivity index (χ0v) is 14.5. The summed E-state index contributed by atoms with van der Waals surface area (Å²) < 4.78 is 0. The maximum Gasteiger partial charge on any atom is 0.242 e. The number of carbonyl (C=O) groups excluding carboxylic acids is 2. The van der Waals surface area contributed by atoms with Gasteiger partial charge in [-0.15, -0.1) is 6.58 Å². The van der Waals surface area contributed by atoms with Crippen molar-refractivity contribution in [1.29, 1.82) is 0 Å². The third-order valence-corrected chi connectivity index (χ3v) is 3.98. The van der Waals surface area contributed by atoms with Crippen molar-refractivity contribution in [3.63, 3.8) is 0 Å². The van der Waals surface area contributed by atoms with Crippen LogP contribution in [0.3, 0.4) is 0 Å². The van der Waals surface area contributed by atoms with Crippen LogP contribution in [-0.2, 0) is 22.6 Å². The van der Waals surface area contributed by atoms with Crippen LogP contribution in [-0.4, -0.2) is 29.3 Å². The van der Waals surface area contributed by atoms with Crippen LogP contribution < -0.4 is 5.32 Å². The van der Waals surface area contributed by atoms with E-state index in [4.69, 9.17) is 0 Å². The van der Waals surface area contributed by atoms with Gasteiger partial charge in [-0.05, 0) is 18.1 Å². The molecule has 1 atom stereocenters. The summed E-state index contributed by atoms with van der Waals surface area (Å²) in [6, 6.07) is 18.7. The third kappa shape index (κ3) is 5.60. The van der Waals surface area contributed by atoms with Gasteiger partial charge in [-0.2, -0.15) is 0 Å². The average molecular weight is 336 g/mol. The SMILES string of the molecule is C=CCNC(=O)[C@H](C)N(Cc1ccccc1)C(=O)Cc1ccccc1. The van der Waals surface area contributed by atoms with Crippen molar-refractivity contribution in [2.75, 3.05) is 6.54 Å². The van der Waals surface area contributed by atoms with Gasteiger partial charge in [-0.1, -0.05) is 66.7 Å². The molecular weight excluding hydrogens is 312 g/mol. The fraction of sp³-hybridized carbons (Fsp3) is 0.238. The van der Waals surface area contributed by atoms with Crippen molar-refractivity contribution >= 4 is 11.8 Å². The number of benzene rings is 2. The van der Waals surface area contributed by atoms with Gasteiger partial charge in [0.2, 0.25) is 11.8 Å². The van der Waals surface area contributed by atoms with Crippen LogP contribution in [0.4, 0.5) is 0 Å². The van der Waals surface area contributed by atoms with E-state index < -0.39 is 6.04 Å². The summed E-state index contributed by atoms with van der Waals surface area (Å²) in [6.45, 7) is 6.14. The Bertz CT molecular complexity index is 698. The maximum absolute atomic E-state index is 12.9. The Morgan fingerprint density at radius 1 is 1.04 bits per heavy atom. The molecular formula is C21H24N2O2. The van der Waals surface area contributed by atoms with Crippen molar-refractivity contribution in [3.05, 3.63) is 84.4 Å². The van der Waals surface area contributed by atoms with Gasteiger partial charge in [0, 0.05) is 13.1 Å². The number of hydrogen-bond acceptors (Lipinski definition) is 2. The van der Waals surface area contributed by atoms with E-state index in [1.54, 1.807) is 17.9 Å². The Morgan fingerprint density at radius 3 is 2.16 bits per heavy atom. The molecule has 0 aliphatic rings. The lowest BCUT2D eigenvalue weighted by Crippen LogP contribution is -2.48. The van der Waals surface area contributed by atoms with Gasteiger partial charge in [0.05, 0.1) is 6.42 Å². The lowest BCUT2D eigenvalue weighted by atomic mass is 10.1. The number of amides is 2. The van der Waals surface area contributed by atoms with Gasteiger partial charge in [0.25, 0.3) is 0 Å². The smallest absolute Gasteiger partial charge is 0.242 e. The lowest BCUT2D eigenvalue weighted by Gasteiger charge is -2.28. The van der Waals surface area contributed by atoms with E-state index in [1.165, 1.54) is 0 Å². The normalized spacial score (nSPS) is 11.4. The Hall–Kier alpha value is -2.88. The highest BCUT2D eigenvalue weighted by Crippen LogP contribution is 2.12. The highest BCUT2D eigenvalue weighted by atomic mass is 16.2. The summed E-state index contributed by atoms with van der Waals surface area (Å²) in [5.41, 5.74) is 1.93. The molecule has 2 amide bonds. The van der Waals surface area contributed by atoms with Crippen LogP contribution in [0.15, 0.2) is 73.3 Å². The van der Waals surface area contributed by atoms with Gasteiger partial charge in [0.1, 0.15) is 6.04 Å². The number of nitrogens with zero attached hydrogens (tertiary/aromatic N) is 1. The largest absolute Gasteiger partial charge is 0.351 e. The third-order valence-electron chi connectivity index (χ3n) is 3.98. The number of hydrogen-bond donors (Lipinski definition) is 1. The first-order valence-corrected chi connectivity index (χ1v) is 8.37. The second-order valence-corrected chi connectivity index (χ2v) is 5.88. The zero-order chi connectivity index (χ0) is 18.1. The molecule has 0 radical (unpaired) electrons. The summed E-state index contributed by atoms with van der Waals surface area (Å²) in [4.78, 5) is 26.8. The standard InChI is InChI=1S/C21H24N2O2/c1-3-14-22-21(25)17(2)23(16-19-12-8-5-9-13-19)20(24)15-18-10-6-4-7-11-18/h3-13,17H,1,14-16H2,2H3,(H,22,25)/t17-/m0/s1. The maximum atomic E-state index is 12.9. The molecule has 0 unspecified atom stereocenters. The Labute approximate surface area is 149 Å². The molecule has 0 bridgehead atoms. The van der Waals surface area contributed by atoms with Crippen molar-refractivity contribution in [3.8, 4) is 0 Å². The van der Waals surface area contributed by atoms with E-state index in [0.29, 0.717) is 13.1 Å². The Morgan fingerprint density at radius 2 is 1.60 bits per heavy atom. The second kappa shape index (κ2) is 9.42. The van der Waals surface area contributed by atoms with Crippen LogP contribution in [0.25, 0.3) is 0 Å². The minimum absolute atomic E-state index is 0.0729. The van der Waals surface area contributed by atoms with Crippen molar-refractivity contribution in [1.82, 2.24) is 10.2 Å². The summed E-state index contributed by atoms with van der Waals surface area (Å²) in [7, 11) is 0. The highest BCUT2D eigenvalue weighted by Gasteiger charge is 2.25. The topological polar surface area (TPSA) is 49.4 Å². The molecule has 0 fully saturated rings. The Kier molecular flexibility index (Phi) is 6.96. The van der Waals surface area contributed by atoms with Crippen molar-refractivity contribution < 1.29 is 9.59 Å². The van der Waals surface area contributed by atoms with Crippen LogP contribution in [0.5, 0.6) is 0 Å². The van der Waals surface area contributed by atoms with Gasteiger partial charge in [-0.3, -0.25) is 9.59 Å². The molecule has 0 aromatic heterocycles. The number of carbonyl (C=O) groups is 2. The molecule has 25 heavy (non-hydrogen) atoms. The second-order valence-electron chi connectivity index (χ2n) is 5.88. The fourth-order valence-electron chi connectivity index (χ4n) is 2.56. The minimum atomic E-state index is -0.559. The van der Waals surface area contributed by atoms with Crippen LogP contribution in [0, 0.1) is 0 Å². The molecule has 0 heterocycles. The molecule has 2 aromatic carbocycles. The molecule has 2 aromatic rings. The minimum Gasteiger partial charge on any atom is -0.351 e. The lowest BCUT2D eigenvalue weighted by molar-refractivity contribution is -0.140. The van der Waals surface area contributed by atoms with Crippen LogP contribution in [0.2, 0.25) is 0 Å². The molecule has 0 aliphatic carbocycles. The van der Waals surface area contributed by atoms with E-state index in [2.05, 4.69) is 11.9 Å². The summed E-state index contributed by atoms with van der Waals surface area (Å²) in [5.74, 6) is -0.256. The van der Waals surface area contributed by atoms with E-state index >= 15 is 0 Å². The zero-order valence-electron chi connectivity index (χ0n) is 14.5. The first kappa shape index (κ1) is 18.5. The van der Waals surface area contributed by atoms with E-state index in [-0.39, 0.29) is 18.2 Å². The summed E-state index contributed by atoms with van der Waals surface area (Å²) in [5, 5.41) is 2.77. The van der Waals surface area contributed by atoms with Crippen LogP contribution >= 0.6 is 0 Å². The average Bonchev–Trinajstić information content (AvgIpc) is 2.65. The van der Waals surface area contributed by atoms with Crippen molar-refractivity contribution in [2.45, 2.75) is 25.9 Å². The summed E-state index contributed by atoms with van der Waals surface area (Å²) >= 11 is 0. The van der Waals surface area contributed by atoms with Gasteiger partial charge >= 0.3 is 0 Å². The van der Waals surface area contributed by atoms with Crippen molar-refractivity contribution in [2.24, 2.45) is 0 Å². The Balaban J connectivity index is 2.16.